The van der Waals surface area contributed by atoms with Gasteiger partial charge in [0.25, 0.3) is 17.5 Å². The van der Waals surface area contributed by atoms with Crippen molar-refractivity contribution in [2.75, 3.05) is 25.0 Å². The maximum atomic E-state index is 12.2. The largest absolute Gasteiger partial charge is 0.383 e. The molecule has 0 bridgehead atoms. The number of amides is 3. The van der Waals surface area contributed by atoms with E-state index in [0.717, 1.165) is 4.90 Å². The van der Waals surface area contributed by atoms with Crippen LogP contribution in [0.25, 0.3) is 0 Å². The second-order valence-corrected chi connectivity index (χ2v) is 5.82. The average molecular weight is 368 g/mol. The highest BCUT2D eigenvalue weighted by Crippen LogP contribution is 2.21. The minimum atomic E-state index is -0.483. The van der Waals surface area contributed by atoms with E-state index in [9.17, 15) is 24.5 Å². The number of carbonyl (C=O) groups is 3. The fourth-order valence-corrected chi connectivity index (χ4v) is 2.69. The molecule has 0 radical (unpaired) electrons. The zero-order valence-corrected chi connectivity index (χ0v) is 14.2. The predicted octanol–water partition coefficient (Wildman–Crippen LogP) is 1.42. The molecule has 0 unspecified atom stereocenters. The molecule has 1 heterocycles. The Morgan fingerprint density at radius 2 is 1.56 bits per heavy atom. The molecule has 0 saturated carbocycles. The van der Waals surface area contributed by atoms with E-state index in [-0.39, 0.29) is 18.8 Å². The predicted molar refractivity (Wildman–Crippen MR) is 96.4 cm³/mol. The average Bonchev–Trinajstić information content (AvgIpc) is 2.91. The second kappa shape index (κ2) is 7.65. The Labute approximate surface area is 154 Å². The van der Waals surface area contributed by atoms with Crippen molar-refractivity contribution in [1.82, 2.24) is 10.2 Å². The van der Waals surface area contributed by atoms with Crippen LogP contribution in [-0.2, 0) is 4.79 Å². The Balaban J connectivity index is 1.45. The number of carbonyl (C=O) groups excluding carboxylic acids is 3. The molecule has 1 aliphatic heterocycles. The lowest BCUT2D eigenvalue weighted by atomic mass is 10.1. The molecule has 9 heteroatoms. The highest BCUT2D eigenvalue weighted by Gasteiger charge is 2.36. The molecule has 2 aromatic carbocycles. The summed E-state index contributed by atoms with van der Waals surface area (Å²) in [7, 11) is 0. The van der Waals surface area contributed by atoms with E-state index in [0.29, 0.717) is 23.4 Å². The van der Waals surface area contributed by atoms with Gasteiger partial charge in [-0.3, -0.25) is 29.4 Å². The number of nitrogens with one attached hydrogen (secondary N) is 2. The van der Waals surface area contributed by atoms with Gasteiger partial charge in [-0.2, -0.15) is 0 Å². The molecule has 3 amide bonds. The van der Waals surface area contributed by atoms with Gasteiger partial charge in [0.15, 0.2) is 0 Å². The number of anilines is 1. The van der Waals surface area contributed by atoms with Crippen LogP contribution in [0.3, 0.4) is 0 Å². The van der Waals surface area contributed by atoms with Crippen molar-refractivity contribution in [2.24, 2.45) is 0 Å². The minimum absolute atomic E-state index is 0.00482. The fraction of sp³-hybridized carbons (Fsp3) is 0.167. The van der Waals surface area contributed by atoms with Gasteiger partial charge in [-0.25, -0.2) is 0 Å². The van der Waals surface area contributed by atoms with E-state index in [1.807, 2.05) is 0 Å². The van der Waals surface area contributed by atoms with Gasteiger partial charge in [-0.05, 0) is 24.3 Å². The standard InChI is InChI=1S/C18H16N4O5/c23-16(11-21-17(24)14-3-1-2-4-15(14)18(21)25)20-10-9-19-12-5-7-13(8-6-12)22(26)27/h1-8,19H,9-11H2,(H,20,23). The quantitative estimate of drug-likeness (QED) is 0.330. The van der Waals surface area contributed by atoms with Crippen molar-refractivity contribution in [3.05, 3.63) is 69.8 Å². The van der Waals surface area contributed by atoms with Crippen LogP contribution in [0.4, 0.5) is 11.4 Å². The van der Waals surface area contributed by atoms with E-state index in [2.05, 4.69) is 10.6 Å². The number of rotatable bonds is 7. The molecule has 138 valence electrons. The zero-order chi connectivity index (χ0) is 19.4. The minimum Gasteiger partial charge on any atom is -0.383 e. The van der Waals surface area contributed by atoms with Crippen LogP contribution in [0.2, 0.25) is 0 Å². The number of hydrogen-bond donors (Lipinski definition) is 2. The normalized spacial score (nSPS) is 12.7. The highest BCUT2D eigenvalue weighted by atomic mass is 16.6. The summed E-state index contributed by atoms with van der Waals surface area (Å²) in [6, 6.07) is 12.3. The van der Waals surface area contributed by atoms with E-state index in [1.54, 1.807) is 36.4 Å². The van der Waals surface area contributed by atoms with Crippen molar-refractivity contribution >= 4 is 29.1 Å². The number of benzene rings is 2. The highest BCUT2D eigenvalue weighted by molar-refractivity contribution is 6.22. The summed E-state index contributed by atoms with van der Waals surface area (Å²) in [5, 5.41) is 16.2. The molecule has 27 heavy (non-hydrogen) atoms. The van der Waals surface area contributed by atoms with Crippen LogP contribution in [-0.4, -0.2) is 47.2 Å². The number of nitrogens with zero attached hydrogens (tertiary/aromatic N) is 2. The van der Waals surface area contributed by atoms with Gasteiger partial charge >= 0.3 is 0 Å². The number of nitro groups is 1. The van der Waals surface area contributed by atoms with E-state index in [1.165, 1.54) is 12.1 Å². The van der Waals surface area contributed by atoms with Crippen LogP contribution in [0, 0.1) is 10.1 Å². The summed E-state index contributed by atoms with van der Waals surface area (Å²) in [6.45, 7) is 0.300. The van der Waals surface area contributed by atoms with Gasteiger partial charge in [0.2, 0.25) is 5.91 Å². The number of nitro benzene ring substituents is 1. The van der Waals surface area contributed by atoms with Crippen molar-refractivity contribution in [2.45, 2.75) is 0 Å². The van der Waals surface area contributed by atoms with Gasteiger partial charge in [0.1, 0.15) is 6.54 Å². The lowest BCUT2D eigenvalue weighted by Gasteiger charge is -2.14. The molecule has 2 N–H and O–H groups in total. The summed E-state index contributed by atoms with van der Waals surface area (Å²) in [5.74, 6) is -1.40. The molecule has 2 aromatic rings. The lowest BCUT2D eigenvalue weighted by Crippen LogP contribution is -2.41. The van der Waals surface area contributed by atoms with Crippen molar-refractivity contribution in [3.8, 4) is 0 Å². The first-order valence-electron chi connectivity index (χ1n) is 8.17. The molecule has 0 saturated heterocycles. The molecule has 3 rings (SSSR count). The molecule has 0 aromatic heterocycles. The molecule has 9 nitrogen and oxygen atoms in total. The van der Waals surface area contributed by atoms with E-state index >= 15 is 0 Å². The first-order chi connectivity index (χ1) is 13.0. The van der Waals surface area contributed by atoms with Crippen molar-refractivity contribution < 1.29 is 19.3 Å². The third kappa shape index (κ3) is 3.92. The van der Waals surface area contributed by atoms with Gasteiger partial charge in [0.05, 0.1) is 16.1 Å². The number of imide groups is 1. The summed E-state index contributed by atoms with van der Waals surface area (Å²) < 4.78 is 0. The molecule has 0 aliphatic carbocycles. The van der Waals surface area contributed by atoms with Gasteiger partial charge in [0, 0.05) is 30.9 Å². The van der Waals surface area contributed by atoms with Gasteiger partial charge < -0.3 is 10.6 Å². The Morgan fingerprint density at radius 3 is 2.11 bits per heavy atom. The molecular weight excluding hydrogens is 352 g/mol. The Kier molecular flexibility index (Phi) is 5.11. The van der Waals surface area contributed by atoms with Crippen LogP contribution in [0.1, 0.15) is 20.7 Å². The summed E-state index contributed by atoms with van der Waals surface area (Å²) in [5.41, 5.74) is 1.27. The van der Waals surface area contributed by atoms with Crippen LogP contribution >= 0.6 is 0 Å². The fourth-order valence-electron chi connectivity index (χ4n) is 2.69. The summed E-state index contributed by atoms with van der Waals surface area (Å²) in [6.07, 6.45) is 0. The topological polar surface area (TPSA) is 122 Å². The van der Waals surface area contributed by atoms with E-state index < -0.39 is 22.6 Å². The van der Waals surface area contributed by atoms with Crippen molar-refractivity contribution in [1.29, 1.82) is 0 Å². The monoisotopic (exact) mass is 368 g/mol. The molecule has 0 spiro atoms. The molecule has 0 fully saturated rings. The Bertz CT molecular complexity index is 875. The van der Waals surface area contributed by atoms with Crippen molar-refractivity contribution in [3.63, 3.8) is 0 Å². The third-order valence-electron chi connectivity index (χ3n) is 4.03. The maximum Gasteiger partial charge on any atom is 0.269 e. The Hall–Kier alpha value is -3.75. The first kappa shape index (κ1) is 18.1. The lowest BCUT2D eigenvalue weighted by molar-refractivity contribution is -0.384. The molecular formula is C18H16N4O5. The zero-order valence-electron chi connectivity index (χ0n) is 14.2. The third-order valence-corrected chi connectivity index (χ3v) is 4.03. The smallest absolute Gasteiger partial charge is 0.269 e. The number of hydrogen-bond acceptors (Lipinski definition) is 6. The summed E-state index contributed by atoms with van der Waals surface area (Å²) in [4.78, 5) is 47.4. The van der Waals surface area contributed by atoms with Crippen LogP contribution < -0.4 is 10.6 Å². The molecule has 1 aliphatic rings. The first-order valence-corrected chi connectivity index (χ1v) is 8.17. The second-order valence-electron chi connectivity index (χ2n) is 5.82. The number of fused-ring (bicyclic) bond motifs is 1. The number of non-ortho nitro benzene ring substituents is 1. The van der Waals surface area contributed by atoms with Gasteiger partial charge in [-0.1, -0.05) is 12.1 Å². The SMILES string of the molecule is O=C(CN1C(=O)c2ccccc2C1=O)NCCNc1ccc([N+](=O)[O-])cc1. The maximum absolute atomic E-state index is 12.2. The van der Waals surface area contributed by atoms with Crippen LogP contribution in [0.5, 0.6) is 0 Å². The molecule has 0 atom stereocenters. The van der Waals surface area contributed by atoms with Crippen LogP contribution in [0.15, 0.2) is 48.5 Å². The van der Waals surface area contributed by atoms with E-state index in [4.69, 9.17) is 0 Å². The Morgan fingerprint density at radius 1 is 0.963 bits per heavy atom. The summed E-state index contributed by atoms with van der Waals surface area (Å²) >= 11 is 0. The van der Waals surface area contributed by atoms with Gasteiger partial charge in [-0.15, -0.1) is 0 Å².